The van der Waals surface area contributed by atoms with Crippen LogP contribution in [0.2, 0.25) is 0 Å². The normalized spacial score (nSPS) is 11.4. The molecule has 2 aromatic heterocycles. The van der Waals surface area contributed by atoms with Crippen LogP contribution in [0.15, 0.2) is 55.1 Å². The molecule has 2 heterocycles. The highest BCUT2D eigenvalue weighted by Crippen LogP contribution is 2.26. The summed E-state index contributed by atoms with van der Waals surface area (Å²) in [5.74, 6) is 0. The average Bonchev–Trinajstić information content (AvgIpc) is 3.25. The van der Waals surface area contributed by atoms with Gasteiger partial charge in [0.05, 0.1) is 25.7 Å². The summed E-state index contributed by atoms with van der Waals surface area (Å²) < 4.78 is 8.62. The van der Waals surface area contributed by atoms with E-state index in [1.165, 1.54) is 33.3 Å². The molecule has 0 N–H and O–H groups in total. The van der Waals surface area contributed by atoms with Crippen molar-refractivity contribution in [3.8, 4) is 17.4 Å². The van der Waals surface area contributed by atoms with E-state index in [1.54, 1.807) is 0 Å². The third-order valence-electron chi connectivity index (χ3n) is 6.63. The van der Waals surface area contributed by atoms with Crippen LogP contribution in [0.25, 0.3) is 33.4 Å². The van der Waals surface area contributed by atoms with Crippen molar-refractivity contribution in [2.75, 3.05) is 0 Å². The fourth-order valence-corrected chi connectivity index (χ4v) is 4.47. The van der Waals surface area contributed by atoms with Gasteiger partial charge in [-0.1, -0.05) is 0 Å². The number of rotatable bonds is 2. The van der Waals surface area contributed by atoms with Gasteiger partial charge in [-0.05, 0) is 74.2 Å². The van der Waals surface area contributed by atoms with Crippen LogP contribution in [0.1, 0.15) is 27.8 Å². The Bertz CT molecular complexity index is 1480. The zero-order valence-corrected chi connectivity index (χ0v) is 19.4. The van der Waals surface area contributed by atoms with E-state index in [0.29, 0.717) is 5.56 Å². The number of aryl methyl sites for hydroxylation is 6. The van der Waals surface area contributed by atoms with E-state index in [0.717, 1.165) is 22.4 Å². The minimum atomic E-state index is 0.638. The Hall–Kier alpha value is -3.91. The van der Waals surface area contributed by atoms with Gasteiger partial charge >= 0.3 is 0 Å². The zero-order chi connectivity index (χ0) is 22.7. The highest BCUT2D eigenvalue weighted by atomic mass is 15.1. The molecular formula is C27H27N5+2. The Morgan fingerprint density at radius 3 is 1.44 bits per heavy atom. The molecule has 5 aromatic rings. The summed E-state index contributed by atoms with van der Waals surface area (Å²) >= 11 is 0. The van der Waals surface area contributed by atoms with Gasteiger partial charge in [-0.25, -0.2) is 9.13 Å². The molecular weight excluding hydrogens is 394 g/mol. The summed E-state index contributed by atoms with van der Waals surface area (Å²) in [5.41, 5.74) is 12.2. The van der Waals surface area contributed by atoms with Crippen molar-refractivity contribution in [2.45, 2.75) is 27.7 Å². The Kier molecular flexibility index (Phi) is 4.42. The van der Waals surface area contributed by atoms with E-state index >= 15 is 0 Å². The van der Waals surface area contributed by atoms with Gasteiger partial charge in [-0.2, -0.15) is 14.4 Å². The van der Waals surface area contributed by atoms with E-state index in [9.17, 15) is 5.26 Å². The van der Waals surface area contributed by atoms with Gasteiger partial charge in [-0.15, -0.1) is 0 Å². The molecule has 3 aromatic carbocycles. The fraction of sp³-hybridized carbons (Fsp3) is 0.222. The lowest BCUT2D eigenvalue weighted by molar-refractivity contribution is -0.645. The predicted octanol–water partition coefficient (Wildman–Crippen LogP) is 4.33. The molecule has 0 saturated heterocycles. The SMILES string of the molecule is Cc1cc2c(cc1C)[n+](C)cn2-c1cc(C#N)cc(-n2c[n+](C)c3cc(C)c(C)cc32)c1. The first-order valence-corrected chi connectivity index (χ1v) is 10.8. The van der Waals surface area contributed by atoms with Crippen molar-refractivity contribution in [1.82, 2.24) is 9.13 Å². The van der Waals surface area contributed by atoms with Gasteiger partial charge in [0.2, 0.25) is 12.7 Å². The van der Waals surface area contributed by atoms with Crippen LogP contribution in [0.5, 0.6) is 0 Å². The summed E-state index contributed by atoms with van der Waals surface area (Å²) in [7, 11) is 4.13. The molecule has 0 fully saturated rings. The van der Waals surface area contributed by atoms with Crippen LogP contribution in [0.4, 0.5) is 0 Å². The summed E-state index contributed by atoms with van der Waals surface area (Å²) in [6.07, 6.45) is 4.18. The Labute approximate surface area is 188 Å². The smallest absolute Gasteiger partial charge is 0.232 e. The van der Waals surface area contributed by atoms with Crippen LogP contribution in [-0.4, -0.2) is 9.13 Å². The first-order chi connectivity index (χ1) is 15.3. The highest BCUT2D eigenvalue weighted by Gasteiger charge is 2.21. The molecule has 0 saturated carbocycles. The topological polar surface area (TPSA) is 41.4 Å². The molecule has 0 aliphatic rings. The lowest BCUT2D eigenvalue weighted by Gasteiger charge is -2.04. The number of imidazole rings is 2. The van der Waals surface area contributed by atoms with Gasteiger partial charge in [0.1, 0.15) is 11.4 Å². The van der Waals surface area contributed by atoms with Crippen LogP contribution in [0.3, 0.4) is 0 Å². The Morgan fingerprint density at radius 1 is 0.625 bits per heavy atom. The number of hydrogen-bond donors (Lipinski definition) is 0. The molecule has 0 spiro atoms. The van der Waals surface area contributed by atoms with Crippen LogP contribution in [-0.2, 0) is 14.1 Å². The Morgan fingerprint density at radius 2 is 1.03 bits per heavy atom. The molecule has 5 nitrogen and oxygen atoms in total. The molecule has 5 heteroatoms. The maximum absolute atomic E-state index is 9.80. The lowest BCUT2D eigenvalue weighted by Crippen LogP contribution is -2.25. The number of nitrogens with zero attached hydrogens (tertiary/aromatic N) is 5. The maximum atomic E-state index is 9.80. The number of benzene rings is 3. The molecule has 5 rings (SSSR count). The first kappa shape index (κ1) is 20.0. The monoisotopic (exact) mass is 421 g/mol. The van der Waals surface area contributed by atoms with E-state index in [2.05, 4.69) is 109 Å². The summed E-state index contributed by atoms with van der Waals surface area (Å²) in [6.45, 7) is 8.56. The molecule has 32 heavy (non-hydrogen) atoms. The largest absolute Gasteiger partial charge is 0.249 e. The number of hydrogen-bond acceptors (Lipinski definition) is 1. The van der Waals surface area contributed by atoms with Crippen LogP contribution < -0.4 is 9.13 Å². The number of fused-ring (bicyclic) bond motifs is 2. The van der Waals surface area contributed by atoms with Crippen molar-refractivity contribution < 1.29 is 9.13 Å². The number of nitriles is 1. The third kappa shape index (κ3) is 2.99. The third-order valence-corrected chi connectivity index (χ3v) is 6.63. The van der Waals surface area contributed by atoms with E-state index in [1.807, 2.05) is 12.1 Å². The molecule has 0 aliphatic heterocycles. The molecule has 0 bridgehead atoms. The quantitative estimate of drug-likeness (QED) is 0.391. The predicted molar refractivity (Wildman–Crippen MR) is 126 cm³/mol. The molecule has 0 amide bonds. The molecule has 158 valence electrons. The average molecular weight is 422 g/mol. The second-order valence-electron chi connectivity index (χ2n) is 8.89. The van der Waals surface area contributed by atoms with Crippen LogP contribution in [0, 0.1) is 39.0 Å². The van der Waals surface area contributed by atoms with Crippen molar-refractivity contribution in [1.29, 1.82) is 5.26 Å². The second kappa shape index (κ2) is 7.06. The van der Waals surface area contributed by atoms with Gasteiger partial charge in [0, 0.05) is 18.2 Å². The van der Waals surface area contributed by atoms with Crippen molar-refractivity contribution >= 4 is 22.1 Å². The van der Waals surface area contributed by atoms with Gasteiger partial charge in [0.15, 0.2) is 22.1 Å². The van der Waals surface area contributed by atoms with Crippen molar-refractivity contribution in [3.63, 3.8) is 0 Å². The van der Waals surface area contributed by atoms with Crippen molar-refractivity contribution in [2.24, 2.45) is 14.1 Å². The number of aromatic nitrogens is 4. The first-order valence-electron chi connectivity index (χ1n) is 10.8. The summed E-state index contributed by atoms with van der Waals surface area (Å²) in [6, 6.07) is 17.3. The summed E-state index contributed by atoms with van der Waals surface area (Å²) in [4.78, 5) is 0. The van der Waals surface area contributed by atoms with E-state index in [4.69, 9.17) is 0 Å². The lowest BCUT2D eigenvalue weighted by atomic mass is 10.1. The maximum Gasteiger partial charge on any atom is 0.249 e. The highest BCUT2D eigenvalue weighted by molar-refractivity contribution is 5.78. The Balaban J connectivity index is 1.79. The van der Waals surface area contributed by atoms with Crippen molar-refractivity contribution in [3.05, 3.63) is 82.9 Å². The molecule has 0 aliphatic carbocycles. The van der Waals surface area contributed by atoms with Gasteiger partial charge < -0.3 is 0 Å². The van der Waals surface area contributed by atoms with Gasteiger partial charge in [-0.3, -0.25) is 0 Å². The second-order valence-corrected chi connectivity index (χ2v) is 8.89. The standard InChI is InChI=1S/C27H27N5/c1-17-7-24-26(9-19(17)3)31(15-29(24)5)22-11-21(14-28)12-23(13-22)32-16-30(6)25-8-18(2)20(4)10-27(25)32/h7-13,15-16H,1-6H3/q+2. The minimum Gasteiger partial charge on any atom is -0.232 e. The van der Waals surface area contributed by atoms with Gasteiger partial charge in [0.25, 0.3) is 0 Å². The van der Waals surface area contributed by atoms with Crippen LogP contribution >= 0.6 is 0 Å². The molecule has 0 unspecified atom stereocenters. The summed E-state index contributed by atoms with van der Waals surface area (Å²) in [5, 5.41) is 9.80. The molecule has 0 atom stereocenters. The van der Waals surface area contributed by atoms with E-state index < -0.39 is 0 Å². The van der Waals surface area contributed by atoms with E-state index in [-0.39, 0.29) is 0 Å². The molecule has 0 radical (unpaired) electrons. The fourth-order valence-electron chi connectivity index (χ4n) is 4.47. The minimum absolute atomic E-state index is 0.638. The zero-order valence-electron chi connectivity index (χ0n) is 19.4.